The molecular weight excluding hydrogens is 265 g/mol. The SMILES string of the molecule is COCc1c(F)cc(CN=C=O)cc1Br. The van der Waals surface area contributed by atoms with Gasteiger partial charge in [-0.1, -0.05) is 15.9 Å². The van der Waals surface area contributed by atoms with Crippen LogP contribution < -0.4 is 0 Å². The highest BCUT2D eigenvalue weighted by Gasteiger charge is 2.08. The van der Waals surface area contributed by atoms with Crippen molar-refractivity contribution in [3.05, 3.63) is 33.5 Å². The van der Waals surface area contributed by atoms with Crippen molar-refractivity contribution in [2.75, 3.05) is 7.11 Å². The molecule has 1 aromatic rings. The molecule has 0 bridgehead atoms. The molecule has 0 aromatic heterocycles. The molecule has 0 radical (unpaired) electrons. The first kappa shape index (κ1) is 12.0. The van der Waals surface area contributed by atoms with Gasteiger partial charge in [-0.15, -0.1) is 0 Å². The normalized spacial score (nSPS) is 9.80. The molecular formula is C10H9BrFNO2. The molecule has 0 N–H and O–H groups in total. The van der Waals surface area contributed by atoms with E-state index >= 15 is 0 Å². The largest absolute Gasteiger partial charge is 0.380 e. The van der Waals surface area contributed by atoms with E-state index in [4.69, 9.17) is 4.74 Å². The second kappa shape index (κ2) is 5.75. The maximum atomic E-state index is 13.5. The topological polar surface area (TPSA) is 38.7 Å². The van der Waals surface area contributed by atoms with Gasteiger partial charge >= 0.3 is 0 Å². The summed E-state index contributed by atoms with van der Waals surface area (Å²) in [6, 6.07) is 3.04. The van der Waals surface area contributed by atoms with Crippen LogP contribution in [0.1, 0.15) is 11.1 Å². The molecule has 1 aromatic carbocycles. The van der Waals surface area contributed by atoms with E-state index in [1.54, 1.807) is 6.07 Å². The molecule has 0 amide bonds. The van der Waals surface area contributed by atoms with E-state index in [1.165, 1.54) is 19.3 Å². The van der Waals surface area contributed by atoms with E-state index in [1.807, 2.05) is 0 Å². The number of ether oxygens (including phenoxy) is 1. The number of hydrogen-bond acceptors (Lipinski definition) is 3. The number of isocyanates is 1. The molecule has 0 aliphatic carbocycles. The number of benzene rings is 1. The zero-order valence-electron chi connectivity index (χ0n) is 8.09. The Morgan fingerprint density at radius 1 is 1.60 bits per heavy atom. The van der Waals surface area contributed by atoms with E-state index in [9.17, 15) is 9.18 Å². The van der Waals surface area contributed by atoms with E-state index in [-0.39, 0.29) is 19.0 Å². The van der Waals surface area contributed by atoms with E-state index in [0.29, 0.717) is 15.6 Å². The summed E-state index contributed by atoms with van der Waals surface area (Å²) in [4.78, 5) is 13.3. The lowest BCUT2D eigenvalue weighted by Crippen LogP contribution is -1.96. The van der Waals surface area contributed by atoms with Crippen molar-refractivity contribution in [3.8, 4) is 0 Å². The quantitative estimate of drug-likeness (QED) is 0.625. The van der Waals surface area contributed by atoms with Gasteiger partial charge in [0.1, 0.15) is 5.82 Å². The zero-order valence-corrected chi connectivity index (χ0v) is 9.67. The van der Waals surface area contributed by atoms with Crippen molar-refractivity contribution in [3.63, 3.8) is 0 Å². The van der Waals surface area contributed by atoms with Crippen LogP contribution in [0, 0.1) is 5.82 Å². The van der Waals surface area contributed by atoms with E-state index < -0.39 is 0 Å². The summed E-state index contributed by atoms with van der Waals surface area (Å²) in [7, 11) is 1.50. The lowest BCUT2D eigenvalue weighted by Gasteiger charge is -2.06. The van der Waals surface area contributed by atoms with Crippen molar-refractivity contribution in [2.45, 2.75) is 13.2 Å². The molecule has 1 rings (SSSR count). The third-order valence-corrected chi connectivity index (χ3v) is 2.52. The summed E-state index contributed by atoms with van der Waals surface area (Å²) in [5.41, 5.74) is 1.07. The summed E-state index contributed by atoms with van der Waals surface area (Å²) in [6.45, 7) is 0.329. The number of nitrogens with zero attached hydrogens (tertiary/aromatic N) is 1. The highest BCUT2D eigenvalue weighted by atomic mass is 79.9. The monoisotopic (exact) mass is 273 g/mol. The molecule has 0 aliphatic rings. The Labute approximate surface area is 95.1 Å². The van der Waals surface area contributed by atoms with Crippen molar-refractivity contribution in [1.82, 2.24) is 0 Å². The molecule has 0 atom stereocenters. The highest BCUT2D eigenvalue weighted by molar-refractivity contribution is 9.10. The molecule has 0 heterocycles. The summed E-state index contributed by atoms with van der Waals surface area (Å²) in [5.74, 6) is -0.373. The van der Waals surface area contributed by atoms with Crippen LogP contribution in [0.2, 0.25) is 0 Å². The molecule has 0 saturated heterocycles. The van der Waals surface area contributed by atoms with Crippen molar-refractivity contribution in [2.24, 2.45) is 4.99 Å². The Morgan fingerprint density at radius 3 is 2.87 bits per heavy atom. The van der Waals surface area contributed by atoms with Crippen molar-refractivity contribution < 1.29 is 13.9 Å². The first-order valence-electron chi connectivity index (χ1n) is 4.18. The smallest absolute Gasteiger partial charge is 0.235 e. The average molecular weight is 274 g/mol. The molecule has 0 aliphatic heterocycles. The second-order valence-electron chi connectivity index (χ2n) is 2.88. The van der Waals surface area contributed by atoms with Crippen LogP contribution in [0.25, 0.3) is 0 Å². The molecule has 0 saturated carbocycles. The predicted octanol–water partition coefficient (Wildman–Crippen LogP) is 2.57. The fourth-order valence-electron chi connectivity index (χ4n) is 1.15. The fraction of sp³-hybridized carbons (Fsp3) is 0.300. The molecule has 0 spiro atoms. The molecule has 80 valence electrons. The number of aliphatic imine (C=N–C) groups is 1. The van der Waals surface area contributed by atoms with Gasteiger partial charge in [0, 0.05) is 17.1 Å². The van der Waals surface area contributed by atoms with Crippen LogP contribution >= 0.6 is 15.9 Å². The minimum atomic E-state index is -0.373. The number of halogens is 2. The first-order chi connectivity index (χ1) is 7.19. The van der Waals surface area contributed by atoms with Crippen LogP contribution in [0.5, 0.6) is 0 Å². The predicted molar refractivity (Wildman–Crippen MR) is 56.6 cm³/mol. The third kappa shape index (κ3) is 3.23. The Morgan fingerprint density at radius 2 is 2.33 bits per heavy atom. The molecule has 15 heavy (non-hydrogen) atoms. The van der Waals surface area contributed by atoms with Crippen molar-refractivity contribution in [1.29, 1.82) is 0 Å². The second-order valence-corrected chi connectivity index (χ2v) is 3.73. The van der Waals surface area contributed by atoms with E-state index in [0.717, 1.165) is 0 Å². The average Bonchev–Trinajstić information content (AvgIpc) is 2.20. The summed E-state index contributed by atoms with van der Waals surface area (Å²) in [5, 5.41) is 0. The zero-order chi connectivity index (χ0) is 11.3. The van der Waals surface area contributed by atoms with Gasteiger partial charge < -0.3 is 4.74 Å². The Bertz CT molecular complexity index is 379. The van der Waals surface area contributed by atoms with Gasteiger partial charge in [-0.05, 0) is 17.7 Å². The maximum absolute atomic E-state index is 13.5. The van der Waals surface area contributed by atoms with Gasteiger partial charge in [0.15, 0.2) is 0 Å². The van der Waals surface area contributed by atoms with E-state index in [2.05, 4.69) is 20.9 Å². The minimum Gasteiger partial charge on any atom is -0.380 e. The summed E-state index contributed by atoms with van der Waals surface area (Å²) in [6.07, 6.45) is 1.41. The Kier molecular flexibility index (Phi) is 4.62. The lowest BCUT2D eigenvalue weighted by molar-refractivity contribution is 0.181. The number of methoxy groups -OCH3 is 1. The van der Waals surface area contributed by atoms with Gasteiger partial charge in [0.2, 0.25) is 6.08 Å². The van der Waals surface area contributed by atoms with Crippen LogP contribution in [-0.4, -0.2) is 13.2 Å². The summed E-state index contributed by atoms with van der Waals surface area (Å²) < 4.78 is 18.9. The van der Waals surface area contributed by atoms with Gasteiger partial charge in [0.25, 0.3) is 0 Å². The Hall–Kier alpha value is -1.03. The van der Waals surface area contributed by atoms with Crippen LogP contribution in [-0.2, 0) is 22.7 Å². The Balaban J connectivity index is 3.01. The number of hydrogen-bond donors (Lipinski definition) is 0. The fourth-order valence-corrected chi connectivity index (χ4v) is 1.75. The minimum absolute atomic E-state index is 0.131. The van der Waals surface area contributed by atoms with Crippen molar-refractivity contribution >= 4 is 22.0 Å². The van der Waals surface area contributed by atoms with Gasteiger partial charge in [-0.25, -0.2) is 14.2 Å². The molecule has 0 fully saturated rings. The van der Waals surface area contributed by atoms with Crippen LogP contribution in [0.15, 0.2) is 21.6 Å². The van der Waals surface area contributed by atoms with Crippen LogP contribution in [0.4, 0.5) is 4.39 Å². The summed E-state index contributed by atoms with van der Waals surface area (Å²) >= 11 is 3.23. The van der Waals surface area contributed by atoms with Gasteiger partial charge in [-0.3, -0.25) is 0 Å². The lowest BCUT2D eigenvalue weighted by atomic mass is 10.1. The highest BCUT2D eigenvalue weighted by Crippen LogP contribution is 2.23. The molecule has 0 unspecified atom stereocenters. The third-order valence-electron chi connectivity index (χ3n) is 1.82. The van der Waals surface area contributed by atoms with Gasteiger partial charge in [-0.2, -0.15) is 0 Å². The van der Waals surface area contributed by atoms with Crippen LogP contribution in [0.3, 0.4) is 0 Å². The molecule has 5 heteroatoms. The number of carbonyl (C=O) groups excluding carboxylic acids is 1. The first-order valence-corrected chi connectivity index (χ1v) is 4.97. The van der Waals surface area contributed by atoms with Gasteiger partial charge in [0.05, 0.1) is 13.2 Å². The molecule has 3 nitrogen and oxygen atoms in total. The standard InChI is InChI=1S/C10H9BrFNO2/c1-15-5-8-9(11)2-7(3-10(8)12)4-13-6-14/h2-3H,4-5H2,1H3. The number of rotatable bonds is 4. The maximum Gasteiger partial charge on any atom is 0.235 e.